The Bertz CT molecular complexity index is 345. The van der Waals surface area contributed by atoms with E-state index in [0.717, 1.165) is 28.5 Å². The molecule has 1 rings (SSSR count). The van der Waals surface area contributed by atoms with Gasteiger partial charge in [-0.25, -0.2) is 0 Å². The molecule has 0 saturated carbocycles. The van der Waals surface area contributed by atoms with Gasteiger partial charge in [-0.15, -0.1) is 11.8 Å². The van der Waals surface area contributed by atoms with Gasteiger partial charge < -0.3 is 0 Å². The van der Waals surface area contributed by atoms with Crippen LogP contribution in [-0.2, 0) is 6.42 Å². The molecule has 0 aliphatic carbocycles. The summed E-state index contributed by atoms with van der Waals surface area (Å²) in [7, 11) is 0. The Morgan fingerprint density at radius 3 is 2.77 bits per heavy atom. The van der Waals surface area contributed by atoms with Crippen molar-refractivity contribution in [3.8, 4) is 11.8 Å². The minimum absolute atomic E-state index is 0.726. The van der Waals surface area contributed by atoms with E-state index >= 15 is 0 Å². The standard InChI is InChI=1S/C11H10Cl2/c1-2-3-4-5-9-8-10(12)6-7-11(9)13/h6-8H,4-5H2,1H3. The first-order chi connectivity index (χ1) is 6.24. The first kappa shape index (κ1) is 10.4. The van der Waals surface area contributed by atoms with Crippen molar-refractivity contribution in [3.05, 3.63) is 33.8 Å². The van der Waals surface area contributed by atoms with E-state index in [1.54, 1.807) is 6.07 Å². The lowest BCUT2D eigenvalue weighted by atomic mass is 10.1. The molecule has 0 bridgehead atoms. The topological polar surface area (TPSA) is 0 Å². The maximum atomic E-state index is 5.97. The molecule has 0 spiro atoms. The molecule has 0 aromatic heterocycles. The lowest BCUT2D eigenvalue weighted by molar-refractivity contribution is 1.03. The molecule has 13 heavy (non-hydrogen) atoms. The third kappa shape index (κ3) is 3.30. The van der Waals surface area contributed by atoms with Gasteiger partial charge in [-0.3, -0.25) is 0 Å². The first-order valence-electron chi connectivity index (χ1n) is 4.07. The zero-order valence-corrected chi connectivity index (χ0v) is 8.91. The molecule has 68 valence electrons. The fourth-order valence-electron chi connectivity index (χ4n) is 1.06. The summed E-state index contributed by atoms with van der Waals surface area (Å²) in [6, 6.07) is 5.50. The van der Waals surface area contributed by atoms with Crippen LogP contribution in [0.25, 0.3) is 0 Å². The molecule has 1 aromatic carbocycles. The number of hydrogen-bond acceptors (Lipinski definition) is 0. The van der Waals surface area contributed by atoms with E-state index in [-0.39, 0.29) is 0 Å². The van der Waals surface area contributed by atoms with Crippen molar-refractivity contribution in [2.24, 2.45) is 0 Å². The molecule has 0 unspecified atom stereocenters. The quantitative estimate of drug-likeness (QED) is 0.652. The van der Waals surface area contributed by atoms with Crippen molar-refractivity contribution in [2.75, 3.05) is 0 Å². The molecule has 0 amide bonds. The van der Waals surface area contributed by atoms with E-state index in [1.807, 2.05) is 19.1 Å². The van der Waals surface area contributed by atoms with E-state index in [4.69, 9.17) is 23.2 Å². The van der Waals surface area contributed by atoms with Gasteiger partial charge in [0.15, 0.2) is 0 Å². The van der Waals surface area contributed by atoms with Crippen LogP contribution in [0.2, 0.25) is 10.0 Å². The van der Waals surface area contributed by atoms with Gasteiger partial charge in [-0.2, -0.15) is 0 Å². The van der Waals surface area contributed by atoms with Crippen molar-refractivity contribution in [1.29, 1.82) is 0 Å². The Hall–Kier alpha value is -0.640. The molecule has 0 heterocycles. The predicted octanol–water partition coefficient (Wildman–Crippen LogP) is 3.95. The average molecular weight is 213 g/mol. The van der Waals surface area contributed by atoms with Crippen LogP contribution in [-0.4, -0.2) is 0 Å². The summed E-state index contributed by atoms with van der Waals surface area (Å²) in [5, 5.41) is 1.49. The maximum absolute atomic E-state index is 5.97. The van der Waals surface area contributed by atoms with E-state index < -0.39 is 0 Å². The smallest absolute Gasteiger partial charge is 0.0439 e. The van der Waals surface area contributed by atoms with Crippen LogP contribution in [0.5, 0.6) is 0 Å². The highest BCUT2D eigenvalue weighted by Gasteiger charge is 1.99. The SMILES string of the molecule is CC#CCCc1cc(Cl)ccc1Cl. The summed E-state index contributed by atoms with van der Waals surface area (Å²) >= 11 is 11.8. The van der Waals surface area contributed by atoms with Crippen molar-refractivity contribution in [1.82, 2.24) is 0 Å². The second-order valence-corrected chi connectivity index (χ2v) is 3.51. The Morgan fingerprint density at radius 2 is 2.08 bits per heavy atom. The molecule has 0 aliphatic heterocycles. The first-order valence-corrected chi connectivity index (χ1v) is 4.83. The molecular weight excluding hydrogens is 203 g/mol. The third-order valence-corrected chi connectivity index (χ3v) is 2.31. The van der Waals surface area contributed by atoms with Crippen LogP contribution in [0, 0.1) is 11.8 Å². The van der Waals surface area contributed by atoms with E-state index in [1.165, 1.54) is 0 Å². The number of rotatable bonds is 2. The average Bonchev–Trinajstić information content (AvgIpc) is 2.11. The summed E-state index contributed by atoms with van der Waals surface area (Å²) in [5.74, 6) is 5.84. The van der Waals surface area contributed by atoms with Crippen molar-refractivity contribution in [2.45, 2.75) is 19.8 Å². The van der Waals surface area contributed by atoms with Crippen LogP contribution in [0.3, 0.4) is 0 Å². The van der Waals surface area contributed by atoms with Gasteiger partial charge in [0.25, 0.3) is 0 Å². The van der Waals surface area contributed by atoms with E-state index in [9.17, 15) is 0 Å². The zero-order valence-electron chi connectivity index (χ0n) is 7.40. The van der Waals surface area contributed by atoms with Crippen LogP contribution >= 0.6 is 23.2 Å². The van der Waals surface area contributed by atoms with Gasteiger partial charge in [0.1, 0.15) is 0 Å². The molecule has 2 heteroatoms. The van der Waals surface area contributed by atoms with Crippen molar-refractivity contribution < 1.29 is 0 Å². The predicted molar refractivity (Wildman–Crippen MR) is 58.2 cm³/mol. The van der Waals surface area contributed by atoms with E-state index in [2.05, 4.69) is 11.8 Å². The Kier molecular flexibility index (Phi) is 4.15. The van der Waals surface area contributed by atoms with Crippen LogP contribution in [0.1, 0.15) is 18.9 Å². The maximum Gasteiger partial charge on any atom is 0.0439 e. The highest BCUT2D eigenvalue weighted by molar-refractivity contribution is 6.33. The minimum atomic E-state index is 0.726. The lowest BCUT2D eigenvalue weighted by Crippen LogP contribution is -1.85. The van der Waals surface area contributed by atoms with E-state index in [0.29, 0.717) is 0 Å². The summed E-state index contributed by atoms with van der Waals surface area (Å²) in [6.07, 6.45) is 1.69. The Labute approximate surface area is 88.9 Å². The van der Waals surface area contributed by atoms with Crippen molar-refractivity contribution in [3.63, 3.8) is 0 Å². The monoisotopic (exact) mass is 212 g/mol. The molecule has 0 radical (unpaired) electrons. The zero-order chi connectivity index (χ0) is 9.68. The molecule has 0 fully saturated rings. The number of benzene rings is 1. The van der Waals surface area contributed by atoms with Gasteiger partial charge in [0, 0.05) is 16.5 Å². The number of hydrogen-bond donors (Lipinski definition) is 0. The Morgan fingerprint density at radius 1 is 1.31 bits per heavy atom. The summed E-state index contributed by atoms with van der Waals surface area (Å²) in [6.45, 7) is 1.83. The van der Waals surface area contributed by atoms with Crippen molar-refractivity contribution >= 4 is 23.2 Å². The Balaban J connectivity index is 2.73. The molecule has 0 N–H and O–H groups in total. The van der Waals surface area contributed by atoms with Gasteiger partial charge in [-0.1, -0.05) is 23.2 Å². The second kappa shape index (κ2) is 5.17. The fourth-order valence-corrected chi connectivity index (χ4v) is 1.46. The summed E-state index contributed by atoms with van der Waals surface area (Å²) < 4.78 is 0. The highest BCUT2D eigenvalue weighted by atomic mass is 35.5. The molecule has 0 atom stereocenters. The number of halogens is 2. The van der Waals surface area contributed by atoms with Crippen LogP contribution in [0.4, 0.5) is 0 Å². The fraction of sp³-hybridized carbons (Fsp3) is 0.273. The lowest BCUT2D eigenvalue weighted by Gasteiger charge is -2.01. The second-order valence-electron chi connectivity index (χ2n) is 2.66. The molecule has 0 saturated heterocycles. The van der Waals surface area contributed by atoms with Gasteiger partial charge in [-0.05, 0) is 37.1 Å². The number of aryl methyl sites for hydroxylation is 1. The minimum Gasteiger partial charge on any atom is -0.107 e. The largest absolute Gasteiger partial charge is 0.107 e. The third-order valence-electron chi connectivity index (χ3n) is 1.70. The molecular formula is C11H10Cl2. The molecule has 1 aromatic rings. The molecule has 0 nitrogen and oxygen atoms in total. The highest BCUT2D eigenvalue weighted by Crippen LogP contribution is 2.21. The summed E-state index contributed by atoms with van der Waals surface area (Å²) in [5.41, 5.74) is 1.07. The summed E-state index contributed by atoms with van der Waals surface area (Å²) in [4.78, 5) is 0. The normalized spacial score (nSPS) is 9.15. The van der Waals surface area contributed by atoms with Gasteiger partial charge in [0.2, 0.25) is 0 Å². The van der Waals surface area contributed by atoms with Gasteiger partial charge >= 0.3 is 0 Å². The van der Waals surface area contributed by atoms with Gasteiger partial charge in [0.05, 0.1) is 0 Å². The van der Waals surface area contributed by atoms with Crippen LogP contribution in [0.15, 0.2) is 18.2 Å². The van der Waals surface area contributed by atoms with Crippen LogP contribution < -0.4 is 0 Å². The molecule has 0 aliphatic rings.